The number of carbonyl (C=O) groups excluding carboxylic acids is 1. The molecule has 0 aliphatic heterocycles. The van der Waals surface area contributed by atoms with Crippen LogP contribution >= 0.6 is 0 Å². The Labute approximate surface area is 97.9 Å². The predicted molar refractivity (Wildman–Crippen MR) is 63.6 cm³/mol. The zero-order valence-corrected chi connectivity index (χ0v) is 10.0. The molecule has 0 spiro atoms. The van der Waals surface area contributed by atoms with Gasteiger partial charge in [0.05, 0.1) is 0 Å². The van der Waals surface area contributed by atoms with Crippen molar-refractivity contribution >= 4 is 5.91 Å². The van der Waals surface area contributed by atoms with E-state index in [1.807, 2.05) is 0 Å². The van der Waals surface area contributed by atoms with Gasteiger partial charge < -0.3 is 4.74 Å². The highest BCUT2D eigenvalue weighted by Crippen LogP contribution is 2.23. The van der Waals surface area contributed by atoms with Crippen LogP contribution in [-0.4, -0.2) is 19.1 Å². The maximum atomic E-state index is 10.8. The Hall–Kier alpha value is -0.610. The highest BCUT2D eigenvalue weighted by molar-refractivity contribution is 5.74. The molecule has 4 nitrogen and oxygen atoms in total. The van der Waals surface area contributed by atoms with Crippen molar-refractivity contribution < 1.29 is 9.53 Å². The fraction of sp³-hybridized carbons (Fsp3) is 0.917. The highest BCUT2D eigenvalue weighted by atomic mass is 16.5. The van der Waals surface area contributed by atoms with E-state index in [-0.39, 0.29) is 5.91 Å². The van der Waals surface area contributed by atoms with Gasteiger partial charge in [-0.2, -0.15) is 0 Å². The third-order valence-corrected chi connectivity index (χ3v) is 3.18. The summed E-state index contributed by atoms with van der Waals surface area (Å²) in [7, 11) is 0. The van der Waals surface area contributed by atoms with E-state index in [4.69, 9.17) is 10.6 Å². The van der Waals surface area contributed by atoms with Crippen molar-refractivity contribution in [3.8, 4) is 0 Å². The molecule has 1 rings (SSSR count). The smallest absolute Gasteiger partial charge is 0.233 e. The number of nitrogens with two attached hydrogens (primary N) is 1. The van der Waals surface area contributed by atoms with Gasteiger partial charge >= 0.3 is 0 Å². The Morgan fingerprint density at radius 1 is 1.25 bits per heavy atom. The average molecular weight is 228 g/mol. The summed E-state index contributed by atoms with van der Waals surface area (Å²) in [5, 5.41) is 0. The van der Waals surface area contributed by atoms with Crippen molar-refractivity contribution in [2.75, 3.05) is 13.2 Å². The second-order valence-electron chi connectivity index (χ2n) is 4.60. The Kier molecular flexibility index (Phi) is 7.17. The molecule has 0 atom stereocenters. The second kappa shape index (κ2) is 8.53. The van der Waals surface area contributed by atoms with Crippen molar-refractivity contribution in [3.63, 3.8) is 0 Å². The van der Waals surface area contributed by atoms with Gasteiger partial charge in [0.2, 0.25) is 5.91 Å². The Morgan fingerprint density at radius 2 is 2.00 bits per heavy atom. The minimum absolute atomic E-state index is 0.0905. The standard InChI is InChI=1S/C12H24N2O2/c13-14-12(15)8-4-5-9-16-10-11-6-2-1-3-7-11/h11H,1-10,13H2,(H,14,15). The van der Waals surface area contributed by atoms with Gasteiger partial charge in [0.1, 0.15) is 0 Å². The maximum absolute atomic E-state index is 10.8. The fourth-order valence-electron chi connectivity index (χ4n) is 2.17. The molecule has 1 amide bonds. The summed E-state index contributed by atoms with van der Waals surface area (Å²) in [4.78, 5) is 10.8. The molecular formula is C12H24N2O2. The van der Waals surface area contributed by atoms with Crippen LogP contribution in [0.5, 0.6) is 0 Å². The van der Waals surface area contributed by atoms with E-state index in [2.05, 4.69) is 5.43 Å². The molecule has 1 aliphatic rings. The minimum atomic E-state index is -0.0905. The van der Waals surface area contributed by atoms with Crippen LogP contribution in [0.2, 0.25) is 0 Å². The van der Waals surface area contributed by atoms with Gasteiger partial charge in [-0.05, 0) is 31.6 Å². The molecule has 0 saturated heterocycles. The molecule has 0 bridgehead atoms. The van der Waals surface area contributed by atoms with Crippen molar-refractivity contribution in [2.45, 2.75) is 51.4 Å². The van der Waals surface area contributed by atoms with Crippen LogP contribution < -0.4 is 11.3 Å². The van der Waals surface area contributed by atoms with E-state index >= 15 is 0 Å². The summed E-state index contributed by atoms with van der Waals surface area (Å²) in [6, 6.07) is 0. The molecule has 0 unspecified atom stereocenters. The summed E-state index contributed by atoms with van der Waals surface area (Å²) in [5.41, 5.74) is 2.13. The summed E-state index contributed by atoms with van der Waals surface area (Å²) in [6.45, 7) is 1.68. The normalized spacial score (nSPS) is 17.3. The number of ether oxygens (including phenoxy) is 1. The van der Waals surface area contributed by atoms with Gasteiger partial charge in [-0.15, -0.1) is 0 Å². The van der Waals surface area contributed by atoms with E-state index in [1.54, 1.807) is 0 Å². The SMILES string of the molecule is NNC(=O)CCCCOCC1CCCCC1. The number of nitrogens with one attached hydrogen (secondary N) is 1. The first-order chi connectivity index (χ1) is 7.83. The molecule has 0 heterocycles. The Bertz CT molecular complexity index is 191. The first-order valence-corrected chi connectivity index (χ1v) is 6.40. The molecule has 0 aromatic heterocycles. The summed E-state index contributed by atoms with van der Waals surface area (Å²) < 4.78 is 5.63. The molecule has 0 aromatic carbocycles. The summed E-state index contributed by atoms with van der Waals surface area (Å²) in [6.07, 6.45) is 9.09. The van der Waals surface area contributed by atoms with Crippen molar-refractivity contribution in [1.82, 2.24) is 5.43 Å². The minimum Gasteiger partial charge on any atom is -0.381 e. The highest BCUT2D eigenvalue weighted by Gasteiger charge is 2.12. The topological polar surface area (TPSA) is 64.3 Å². The van der Waals surface area contributed by atoms with Crippen molar-refractivity contribution in [2.24, 2.45) is 11.8 Å². The third kappa shape index (κ3) is 6.08. The monoisotopic (exact) mass is 228 g/mol. The fourth-order valence-corrected chi connectivity index (χ4v) is 2.17. The zero-order chi connectivity index (χ0) is 11.6. The molecule has 1 aliphatic carbocycles. The van der Waals surface area contributed by atoms with Crippen LogP contribution in [-0.2, 0) is 9.53 Å². The van der Waals surface area contributed by atoms with Crippen molar-refractivity contribution in [1.29, 1.82) is 0 Å². The van der Waals surface area contributed by atoms with Gasteiger partial charge in [-0.25, -0.2) is 5.84 Å². The molecule has 94 valence electrons. The molecule has 3 N–H and O–H groups in total. The van der Waals surface area contributed by atoms with E-state index < -0.39 is 0 Å². The van der Waals surface area contributed by atoms with Crippen LogP contribution in [0, 0.1) is 5.92 Å². The predicted octanol–water partition coefficient (Wildman–Crippen LogP) is 1.74. The number of amides is 1. The number of rotatable bonds is 7. The lowest BCUT2D eigenvalue weighted by Crippen LogP contribution is -2.29. The first kappa shape index (κ1) is 13.5. The Morgan fingerprint density at radius 3 is 2.69 bits per heavy atom. The number of hydrazine groups is 1. The Balaban J connectivity index is 1.85. The summed E-state index contributed by atoms with van der Waals surface area (Å²) >= 11 is 0. The molecule has 1 fully saturated rings. The second-order valence-corrected chi connectivity index (χ2v) is 4.60. The summed E-state index contributed by atoms with van der Waals surface area (Å²) in [5.74, 6) is 5.67. The maximum Gasteiger partial charge on any atom is 0.233 e. The van der Waals surface area contributed by atoms with E-state index in [9.17, 15) is 4.79 Å². The lowest BCUT2D eigenvalue weighted by Gasteiger charge is -2.21. The number of hydrogen-bond acceptors (Lipinski definition) is 3. The molecule has 0 radical (unpaired) electrons. The van der Waals surface area contributed by atoms with Crippen LogP contribution in [0.4, 0.5) is 0 Å². The molecule has 4 heteroatoms. The molecule has 0 aromatic rings. The quantitative estimate of drug-likeness (QED) is 0.302. The molecular weight excluding hydrogens is 204 g/mol. The van der Waals surface area contributed by atoms with Crippen LogP contribution in [0.1, 0.15) is 51.4 Å². The van der Waals surface area contributed by atoms with Crippen molar-refractivity contribution in [3.05, 3.63) is 0 Å². The van der Waals surface area contributed by atoms with Gasteiger partial charge in [0.25, 0.3) is 0 Å². The van der Waals surface area contributed by atoms with Gasteiger partial charge in [-0.3, -0.25) is 10.2 Å². The zero-order valence-electron chi connectivity index (χ0n) is 10.0. The van der Waals surface area contributed by atoms with E-state index in [0.29, 0.717) is 6.42 Å². The van der Waals surface area contributed by atoms with Gasteiger partial charge in [-0.1, -0.05) is 19.3 Å². The van der Waals surface area contributed by atoms with Gasteiger partial charge in [0, 0.05) is 19.6 Å². The molecule has 16 heavy (non-hydrogen) atoms. The van der Waals surface area contributed by atoms with Gasteiger partial charge in [0.15, 0.2) is 0 Å². The van der Waals surface area contributed by atoms with Crippen LogP contribution in [0.3, 0.4) is 0 Å². The first-order valence-electron chi connectivity index (χ1n) is 6.40. The van der Waals surface area contributed by atoms with Crippen LogP contribution in [0.25, 0.3) is 0 Å². The van der Waals surface area contributed by atoms with E-state index in [0.717, 1.165) is 32.0 Å². The number of carbonyl (C=O) groups is 1. The number of unbranched alkanes of at least 4 members (excludes halogenated alkanes) is 1. The third-order valence-electron chi connectivity index (χ3n) is 3.18. The van der Waals surface area contributed by atoms with E-state index in [1.165, 1.54) is 32.1 Å². The lowest BCUT2D eigenvalue weighted by atomic mass is 9.90. The lowest BCUT2D eigenvalue weighted by molar-refractivity contribution is -0.121. The number of hydrogen-bond donors (Lipinski definition) is 2. The molecule has 1 saturated carbocycles. The van der Waals surface area contributed by atoms with Crippen LogP contribution in [0.15, 0.2) is 0 Å². The largest absolute Gasteiger partial charge is 0.381 e. The average Bonchev–Trinajstić information content (AvgIpc) is 2.34.